The van der Waals surface area contributed by atoms with Crippen LogP contribution in [0.1, 0.15) is 35.2 Å². The van der Waals surface area contributed by atoms with Crippen molar-refractivity contribution in [3.05, 3.63) is 35.1 Å². The lowest BCUT2D eigenvalue weighted by atomic mass is 10.1. The van der Waals surface area contributed by atoms with Crippen molar-refractivity contribution in [2.75, 3.05) is 6.54 Å². The summed E-state index contributed by atoms with van der Waals surface area (Å²) in [6.45, 7) is 2.44. The molecule has 1 aliphatic carbocycles. The van der Waals surface area contributed by atoms with Crippen LogP contribution in [0.3, 0.4) is 0 Å². The lowest BCUT2D eigenvalue weighted by molar-refractivity contribution is 0.0943. The number of aryl methyl sites for hydroxylation is 1. The average Bonchev–Trinajstić information content (AvgIpc) is 2.72. The number of hydrogen-bond donors (Lipinski definition) is 1. The zero-order valence-corrected chi connectivity index (χ0v) is 12.0. The largest absolute Gasteiger partial charge is 0.352 e. The summed E-state index contributed by atoms with van der Waals surface area (Å²) >= 11 is 3.58. The van der Waals surface area contributed by atoms with Crippen molar-refractivity contribution in [3.63, 3.8) is 0 Å². The first kappa shape index (κ1) is 13.5. The number of alkyl halides is 1. The van der Waals surface area contributed by atoms with Crippen molar-refractivity contribution in [2.45, 2.75) is 31.0 Å². The standard InChI is InChI=1S/C14H17BrFNO/c1-9-2-5-12(13(16)6-9)14(18)17-8-10-3-4-11(15)7-10/h2,5-6,10-11H,3-4,7-8H2,1H3,(H,17,18). The van der Waals surface area contributed by atoms with E-state index in [1.54, 1.807) is 19.1 Å². The Bertz CT molecular complexity index is 449. The van der Waals surface area contributed by atoms with Gasteiger partial charge in [-0.25, -0.2) is 4.39 Å². The number of benzene rings is 1. The Labute approximate surface area is 115 Å². The van der Waals surface area contributed by atoms with Gasteiger partial charge in [-0.05, 0) is 49.8 Å². The number of nitrogens with one attached hydrogen (secondary N) is 1. The molecule has 0 heterocycles. The van der Waals surface area contributed by atoms with Gasteiger partial charge in [0.2, 0.25) is 0 Å². The van der Waals surface area contributed by atoms with Crippen molar-refractivity contribution in [2.24, 2.45) is 5.92 Å². The first-order valence-corrected chi connectivity index (χ1v) is 7.16. The minimum atomic E-state index is -0.447. The van der Waals surface area contributed by atoms with Crippen LogP contribution in [-0.2, 0) is 0 Å². The van der Waals surface area contributed by atoms with Gasteiger partial charge in [0.1, 0.15) is 5.82 Å². The van der Waals surface area contributed by atoms with E-state index in [9.17, 15) is 9.18 Å². The fourth-order valence-corrected chi connectivity index (χ4v) is 3.13. The van der Waals surface area contributed by atoms with Crippen LogP contribution in [0.15, 0.2) is 18.2 Å². The first-order valence-electron chi connectivity index (χ1n) is 6.24. The van der Waals surface area contributed by atoms with Crippen molar-refractivity contribution in [1.29, 1.82) is 0 Å². The molecule has 18 heavy (non-hydrogen) atoms. The highest BCUT2D eigenvalue weighted by molar-refractivity contribution is 9.09. The Morgan fingerprint density at radius 3 is 2.89 bits per heavy atom. The topological polar surface area (TPSA) is 29.1 Å². The third kappa shape index (κ3) is 3.31. The number of hydrogen-bond acceptors (Lipinski definition) is 1. The molecule has 2 rings (SSSR count). The Hall–Kier alpha value is -0.900. The summed E-state index contributed by atoms with van der Waals surface area (Å²) in [5.41, 5.74) is 0.955. The van der Waals surface area contributed by atoms with Crippen LogP contribution in [0.5, 0.6) is 0 Å². The van der Waals surface area contributed by atoms with Crippen molar-refractivity contribution < 1.29 is 9.18 Å². The van der Waals surface area contributed by atoms with Gasteiger partial charge in [0.15, 0.2) is 0 Å². The second-order valence-electron chi connectivity index (χ2n) is 4.97. The SMILES string of the molecule is Cc1ccc(C(=O)NCC2CCC(Br)C2)c(F)c1. The van der Waals surface area contributed by atoms with Gasteiger partial charge in [0.05, 0.1) is 5.56 Å². The van der Waals surface area contributed by atoms with Gasteiger partial charge in [-0.15, -0.1) is 0 Å². The predicted octanol–water partition coefficient (Wildman–Crippen LogP) is 3.43. The van der Waals surface area contributed by atoms with Crippen LogP contribution in [-0.4, -0.2) is 17.3 Å². The maximum absolute atomic E-state index is 13.6. The van der Waals surface area contributed by atoms with E-state index < -0.39 is 5.82 Å². The normalized spacial score (nSPS) is 23.1. The molecule has 2 nitrogen and oxygen atoms in total. The zero-order valence-electron chi connectivity index (χ0n) is 10.4. The highest BCUT2D eigenvalue weighted by Crippen LogP contribution is 2.30. The van der Waals surface area contributed by atoms with Crippen LogP contribution in [0.25, 0.3) is 0 Å². The molecule has 0 saturated heterocycles. The Morgan fingerprint density at radius 2 is 2.28 bits per heavy atom. The molecule has 0 aromatic heterocycles. The third-order valence-electron chi connectivity index (χ3n) is 3.40. The molecule has 0 bridgehead atoms. The second kappa shape index (κ2) is 5.83. The van der Waals surface area contributed by atoms with E-state index >= 15 is 0 Å². The molecule has 1 fully saturated rings. The van der Waals surface area contributed by atoms with Crippen molar-refractivity contribution >= 4 is 21.8 Å². The van der Waals surface area contributed by atoms with Crippen molar-refractivity contribution in [1.82, 2.24) is 5.32 Å². The lowest BCUT2D eigenvalue weighted by Crippen LogP contribution is -2.29. The average molecular weight is 314 g/mol. The van der Waals surface area contributed by atoms with Gasteiger partial charge in [0.25, 0.3) is 5.91 Å². The number of halogens is 2. The fourth-order valence-electron chi connectivity index (χ4n) is 2.34. The van der Waals surface area contributed by atoms with E-state index in [1.165, 1.54) is 6.07 Å². The molecule has 2 atom stereocenters. The maximum atomic E-state index is 13.6. The number of carbonyl (C=O) groups is 1. The Balaban J connectivity index is 1.91. The summed E-state index contributed by atoms with van der Waals surface area (Å²) in [5, 5.41) is 2.82. The smallest absolute Gasteiger partial charge is 0.254 e. The summed E-state index contributed by atoms with van der Waals surface area (Å²) in [6.07, 6.45) is 3.35. The monoisotopic (exact) mass is 313 g/mol. The van der Waals surface area contributed by atoms with E-state index in [-0.39, 0.29) is 11.5 Å². The molecule has 0 aliphatic heterocycles. The van der Waals surface area contributed by atoms with Crippen LogP contribution >= 0.6 is 15.9 Å². The summed E-state index contributed by atoms with van der Waals surface area (Å²) in [4.78, 5) is 12.4. The first-order chi connectivity index (χ1) is 8.56. The van der Waals surface area contributed by atoms with E-state index in [4.69, 9.17) is 0 Å². The molecule has 2 unspecified atom stereocenters. The molecule has 98 valence electrons. The lowest BCUT2D eigenvalue weighted by Gasteiger charge is -2.11. The highest BCUT2D eigenvalue weighted by Gasteiger charge is 2.23. The molecule has 1 amide bonds. The summed E-state index contributed by atoms with van der Waals surface area (Å²) < 4.78 is 13.6. The molecule has 1 aliphatic rings. The molecule has 1 aromatic rings. The number of carbonyl (C=O) groups excluding carboxylic acids is 1. The summed E-state index contributed by atoms with van der Waals surface area (Å²) in [6, 6.07) is 4.68. The zero-order chi connectivity index (χ0) is 13.1. The quantitative estimate of drug-likeness (QED) is 0.851. The van der Waals surface area contributed by atoms with Gasteiger partial charge >= 0.3 is 0 Å². The molecule has 1 saturated carbocycles. The molecule has 0 spiro atoms. The van der Waals surface area contributed by atoms with E-state index in [0.29, 0.717) is 17.3 Å². The number of rotatable bonds is 3. The van der Waals surface area contributed by atoms with Gasteiger partial charge in [-0.1, -0.05) is 22.0 Å². The Morgan fingerprint density at radius 1 is 1.50 bits per heavy atom. The van der Waals surface area contributed by atoms with Gasteiger partial charge in [-0.3, -0.25) is 4.79 Å². The second-order valence-corrected chi connectivity index (χ2v) is 6.26. The minimum Gasteiger partial charge on any atom is -0.352 e. The molecular weight excluding hydrogens is 297 g/mol. The van der Waals surface area contributed by atoms with Gasteiger partial charge in [0, 0.05) is 11.4 Å². The molecule has 4 heteroatoms. The minimum absolute atomic E-state index is 0.133. The molecule has 0 radical (unpaired) electrons. The van der Waals surface area contributed by atoms with Gasteiger partial charge in [-0.2, -0.15) is 0 Å². The fraction of sp³-hybridized carbons (Fsp3) is 0.500. The van der Waals surface area contributed by atoms with Gasteiger partial charge < -0.3 is 5.32 Å². The molecule has 1 N–H and O–H groups in total. The van der Waals surface area contributed by atoms with Crippen LogP contribution in [0.4, 0.5) is 4.39 Å². The van der Waals surface area contributed by atoms with E-state index in [2.05, 4.69) is 21.2 Å². The summed E-state index contributed by atoms with van der Waals surface area (Å²) in [5.74, 6) is -0.255. The maximum Gasteiger partial charge on any atom is 0.254 e. The number of amides is 1. The van der Waals surface area contributed by atoms with Crippen LogP contribution < -0.4 is 5.32 Å². The van der Waals surface area contributed by atoms with E-state index in [0.717, 1.165) is 24.8 Å². The third-order valence-corrected chi connectivity index (χ3v) is 4.23. The predicted molar refractivity (Wildman–Crippen MR) is 73.5 cm³/mol. The Kier molecular flexibility index (Phi) is 4.38. The highest BCUT2D eigenvalue weighted by atomic mass is 79.9. The summed E-state index contributed by atoms with van der Waals surface area (Å²) in [7, 11) is 0. The molecule has 1 aromatic carbocycles. The van der Waals surface area contributed by atoms with Crippen LogP contribution in [0, 0.1) is 18.7 Å². The van der Waals surface area contributed by atoms with E-state index in [1.807, 2.05) is 0 Å². The van der Waals surface area contributed by atoms with Crippen LogP contribution in [0.2, 0.25) is 0 Å². The van der Waals surface area contributed by atoms with Crippen molar-refractivity contribution in [3.8, 4) is 0 Å². The molecular formula is C14H17BrFNO.